The van der Waals surface area contributed by atoms with Crippen molar-refractivity contribution in [2.75, 3.05) is 45.8 Å². The summed E-state index contributed by atoms with van der Waals surface area (Å²) in [7, 11) is 0. The van der Waals surface area contributed by atoms with Gasteiger partial charge in [-0.25, -0.2) is 0 Å². The molecule has 0 radical (unpaired) electrons. The SMILES string of the molecule is C#CCCN1CCN(C(=O)C2CCN(C(=O)/C=C\c3ccccc3)CC2)CC1. The molecule has 0 N–H and O–H groups in total. The topological polar surface area (TPSA) is 43.9 Å². The highest BCUT2D eigenvalue weighted by molar-refractivity contribution is 5.92. The van der Waals surface area contributed by atoms with Crippen LogP contribution in [-0.2, 0) is 9.59 Å². The summed E-state index contributed by atoms with van der Waals surface area (Å²) >= 11 is 0. The summed E-state index contributed by atoms with van der Waals surface area (Å²) in [6, 6.07) is 9.81. The van der Waals surface area contributed by atoms with Crippen LogP contribution in [0.4, 0.5) is 0 Å². The molecule has 2 heterocycles. The van der Waals surface area contributed by atoms with Crippen molar-refractivity contribution in [3.63, 3.8) is 0 Å². The maximum Gasteiger partial charge on any atom is 0.246 e. The van der Waals surface area contributed by atoms with E-state index in [0.717, 1.165) is 57.5 Å². The van der Waals surface area contributed by atoms with Crippen molar-refractivity contribution in [1.82, 2.24) is 14.7 Å². The van der Waals surface area contributed by atoms with Crippen molar-refractivity contribution in [2.24, 2.45) is 5.92 Å². The lowest BCUT2D eigenvalue weighted by molar-refractivity contribution is -0.140. The summed E-state index contributed by atoms with van der Waals surface area (Å²) in [6.07, 6.45) is 11.1. The molecule has 0 saturated carbocycles. The van der Waals surface area contributed by atoms with Gasteiger partial charge >= 0.3 is 0 Å². The number of nitrogens with zero attached hydrogens (tertiary/aromatic N) is 3. The predicted molar refractivity (Wildman–Crippen MR) is 111 cm³/mol. The van der Waals surface area contributed by atoms with E-state index in [1.807, 2.05) is 46.2 Å². The van der Waals surface area contributed by atoms with Gasteiger partial charge in [0.2, 0.25) is 11.8 Å². The molecule has 1 aromatic rings. The van der Waals surface area contributed by atoms with E-state index in [2.05, 4.69) is 10.8 Å². The zero-order valence-corrected chi connectivity index (χ0v) is 16.4. The third-order valence-corrected chi connectivity index (χ3v) is 5.63. The van der Waals surface area contributed by atoms with Crippen molar-refractivity contribution < 1.29 is 9.59 Å². The normalized spacial score (nSPS) is 19.0. The first-order valence-electron chi connectivity index (χ1n) is 10.1. The van der Waals surface area contributed by atoms with Crippen LogP contribution in [0.5, 0.6) is 0 Å². The number of piperazine rings is 1. The fourth-order valence-corrected chi connectivity index (χ4v) is 3.86. The molecule has 0 spiro atoms. The van der Waals surface area contributed by atoms with E-state index in [-0.39, 0.29) is 17.7 Å². The summed E-state index contributed by atoms with van der Waals surface area (Å²) in [5, 5.41) is 0. The number of terminal acetylenes is 1. The highest BCUT2D eigenvalue weighted by Gasteiger charge is 2.31. The minimum atomic E-state index is 0.0249. The molecule has 5 heteroatoms. The van der Waals surface area contributed by atoms with Gasteiger partial charge in [0.15, 0.2) is 0 Å². The minimum Gasteiger partial charge on any atom is -0.340 e. The van der Waals surface area contributed by atoms with Gasteiger partial charge in [0, 0.05) is 64.2 Å². The Balaban J connectivity index is 1.42. The van der Waals surface area contributed by atoms with Crippen LogP contribution in [0.2, 0.25) is 0 Å². The molecule has 2 saturated heterocycles. The molecular formula is C23H29N3O2. The zero-order valence-electron chi connectivity index (χ0n) is 16.4. The molecule has 1 aromatic carbocycles. The highest BCUT2D eigenvalue weighted by atomic mass is 16.2. The number of hydrogen-bond acceptors (Lipinski definition) is 3. The number of amides is 2. The van der Waals surface area contributed by atoms with Crippen LogP contribution in [0.3, 0.4) is 0 Å². The molecule has 148 valence electrons. The maximum absolute atomic E-state index is 12.8. The van der Waals surface area contributed by atoms with Crippen molar-refractivity contribution in [3.8, 4) is 12.3 Å². The summed E-state index contributed by atoms with van der Waals surface area (Å²) in [5.41, 5.74) is 1.02. The fraction of sp³-hybridized carbons (Fsp3) is 0.478. The highest BCUT2D eigenvalue weighted by Crippen LogP contribution is 2.21. The van der Waals surface area contributed by atoms with Gasteiger partial charge in [-0.05, 0) is 24.5 Å². The number of hydrogen-bond donors (Lipinski definition) is 0. The number of carbonyl (C=O) groups is 2. The summed E-state index contributed by atoms with van der Waals surface area (Å²) in [5.74, 6) is 2.99. The van der Waals surface area contributed by atoms with Gasteiger partial charge in [-0.3, -0.25) is 14.5 Å². The van der Waals surface area contributed by atoms with E-state index < -0.39 is 0 Å². The Morgan fingerprint density at radius 1 is 1.00 bits per heavy atom. The van der Waals surface area contributed by atoms with Gasteiger partial charge in [0.25, 0.3) is 0 Å². The average molecular weight is 380 g/mol. The van der Waals surface area contributed by atoms with Crippen LogP contribution in [-0.4, -0.2) is 72.3 Å². The smallest absolute Gasteiger partial charge is 0.246 e. The predicted octanol–water partition coefficient (Wildman–Crippen LogP) is 2.11. The minimum absolute atomic E-state index is 0.0249. The Hall–Kier alpha value is -2.58. The van der Waals surface area contributed by atoms with Crippen molar-refractivity contribution >= 4 is 17.9 Å². The third-order valence-electron chi connectivity index (χ3n) is 5.63. The molecule has 2 amide bonds. The van der Waals surface area contributed by atoms with Crippen LogP contribution >= 0.6 is 0 Å². The molecule has 0 bridgehead atoms. The van der Waals surface area contributed by atoms with Crippen molar-refractivity contribution in [3.05, 3.63) is 42.0 Å². The molecule has 3 rings (SSSR count). The lowest BCUT2D eigenvalue weighted by atomic mass is 9.95. The molecule has 28 heavy (non-hydrogen) atoms. The molecule has 0 aliphatic carbocycles. The molecule has 0 unspecified atom stereocenters. The Kier molecular flexibility index (Phi) is 7.27. The van der Waals surface area contributed by atoms with Gasteiger partial charge in [-0.1, -0.05) is 30.3 Å². The molecule has 0 aromatic heterocycles. The Morgan fingerprint density at radius 3 is 2.32 bits per heavy atom. The number of carbonyl (C=O) groups excluding carboxylic acids is 2. The van der Waals surface area contributed by atoms with Crippen LogP contribution in [0.25, 0.3) is 6.08 Å². The van der Waals surface area contributed by atoms with Crippen LogP contribution in [0, 0.1) is 18.3 Å². The summed E-state index contributed by atoms with van der Waals surface area (Å²) < 4.78 is 0. The monoisotopic (exact) mass is 379 g/mol. The lowest BCUT2D eigenvalue weighted by Gasteiger charge is -2.38. The van der Waals surface area contributed by atoms with E-state index in [9.17, 15) is 9.59 Å². The Labute approximate surface area is 168 Å². The summed E-state index contributed by atoms with van der Waals surface area (Å²) in [4.78, 5) is 31.4. The molecule has 5 nitrogen and oxygen atoms in total. The summed E-state index contributed by atoms with van der Waals surface area (Å²) in [6.45, 7) is 5.57. The van der Waals surface area contributed by atoms with Crippen LogP contribution < -0.4 is 0 Å². The van der Waals surface area contributed by atoms with Gasteiger partial charge in [0.05, 0.1) is 0 Å². The first-order valence-corrected chi connectivity index (χ1v) is 10.1. The van der Waals surface area contributed by atoms with Crippen molar-refractivity contribution in [1.29, 1.82) is 0 Å². The van der Waals surface area contributed by atoms with Crippen LogP contribution in [0.15, 0.2) is 36.4 Å². The van der Waals surface area contributed by atoms with Gasteiger partial charge < -0.3 is 9.80 Å². The van der Waals surface area contributed by atoms with Gasteiger partial charge in [-0.15, -0.1) is 12.3 Å². The fourth-order valence-electron chi connectivity index (χ4n) is 3.86. The first kappa shape index (κ1) is 20.2. The van der Waals surface area contributed by atoms with E-state index in [0.29, 0.717) is 13.1 Å². The third kappa shape index (κ3) is 5.46. The van der Waals surface area contributed by atoms with E-state index >= 15 is 0 Å². The molecule has 0 atom stereocenters. The zero-order chi connectivity index (χ0) is 19.8. The first-order chi connectivity index (χ1) is 13.7. The number of benzene rings is 1. The largest absolute Gasteiger partial charge is 0.340 e. The second kappa shape index (κ2) is 10.1. The Morgan fingerprint density at radius 2 is 1.68 bits per heavy atom. The van der Waals surface area contributed by atoms with E-state index in [1.165, 1.54) is 0 Å². The van der Waals surface area contributed by atoms with Gasteiger partial charge in [0.1, 0.15) is 0 Å². The second-order valence-corrected chi connectivity index (χ2v) is 7.46. The van der Waals surface area contributed by atoms with E-state index in [4.69, 9.17) is 6.42 Å². The molecule has 2 aliphatic heterocycles. The number of likely N-dealkylation sites (tertiary alicyclic amines) is 1. The van der Waals surface area contributed by atoms with E-state index in [1.54, 1.807) is 6.08 Å². The molecule has 2 fully saturated rings. The average Bonchev–Trinajstić information content (AvgIpc) is 2.76. The maximum atomic E-state index is 12.8. The quantitative estimate of drug-likeness (QED) is 0.581. The van der Waals surface area contributed by atoms with Gasteiger partial charge in [-0.2, -0.15) is 0 Å². The number of rotatable bonds is 5. The lowest BCUT2D eigenvalue weighted by Crippen LogP contribution is -2.51. The molecule has 2 aliphatic rings. The molecular weight excluding hydrogens is 350 g/mol. The standard InChI is InChI=1S/C23H29N3O2/c1-2-3-13-24-16-18-26(19-17-24)23(28)21-11-14-25(15-12-21)22(27)10-9-20-7-5-4-6-8-20/h1,4-10,21H,3,11-19H2/b10-9-. The number of piperidine rings is 1. The Bertz CT molecular complexity index is 722. The van der Waals surface area contributed by atoms with Crippen molar-refractivity contribution in [2.45, 2.75) is 19.3 Å². The van der Waals surface area contributed by atoms with Crippen LogP contribution in [0.1, 0.15) is 24.8 Å². The second-order valence-electron chi connectivity index (χ2n) is 7.46.